The number of ether oxygens (including phenoxy) is 1. The van der Waals surface area contributed by atoms with E-state index in [0.717, 1.165) is 0 Å². The zero-order valence-electron chi connectivity index (χ0n) is 24.2. The molecule has 0 aromatic heterocycles. The zero-order chi connectivity index (χ0) is 31.9. The molecule has 0 radical (unpaired) electrons. The molecule has 0 fully saturated rings. The van der Waals surface area contributed by atoms with Gasteiger partial charge in [-0.15, -0.1) is 0 Å². The molecule has 0 atom stereocenters. The van der Waals surface area contributed by atoms with Crippen molar-refractivity contribution in [1.29, 1.82) is 5.26 Å². The van der Waals surface area contributed by atoms with Gasteiger partial charge in [-0.25, -0.2) is 13.8 Å². The Bertz CT molecular complexity index is 1600. The number of carbonyl (C=O) groups excluding carboxylic acids is 2. The number of amides is 2. The first-order valence-corrected chi connectivity index (χ1v) is 13.9. The van der Waals surface area contributed by atoms with E-state index in [-0.39, 0.29) is 23.8 Å². The molecule has 226 valence electrons. The van der Waals surface area contributed by atoms with Crippen molar-refractivity contribution < 1.29 is 23.1 Å². The highest BCUT2D eigenvalue weighted by molar-refractivity contribution is 6.40. The van der Waals surface area contributed by atoms with Gasteiger partial charge in [-0.2, -0.15) is 5.26 Å². The molecule has 8 nitrogen and oxygen atoms in total. The van der Waals surface area contributed by atoms with Crippen molar-refractivity contribution >= 4 is 57.9 Å². The number of nitriles is 1. The summed E-state index contributed by atoms with van der Waals surface area (Å²) in [6.45, 7) is 8.05. The van der Waals surface area contributed by atoms with Crippen molar-refractivity contribution in [3.63, 3.8) is 0 Å². The van der Waals surface area contributed by atoms with E-state index in [0.29, 0.717) is 49.6 Å². The van der Waals surface area contributed by atoms with Crippen LogP contribution < -0.4 is 20.7 Å². The lowest BCUT2D eigenvalue weighted by molar-refractivity contribution is -0.128. The molecule has 0 saturated carbocycles. The Morgan fingerprint density at radius 3 is 2.47 bits per heavy atom. The highest BCUT2D eigenvalue weighted by atomic mass is 35.5. The van der Waals surface area contributed by atoms with Crippen molar-refractivity contribution in [1.82, 2.24) is 5.32 Å². The Morgan fingerprint density at radius 1 is 1.09 bits per heavy atom. The first-order chi connectivity index (χ1) is 20.2. The fourth-order valence-corrected chi connectivity index (χ4v) is 4.31. The smallest absolute Gasteiger partial charge is 0.272 e. The number of carbonyl (C=O) groups is 2. The van der Waals surface area contributed by atoms with Crippen LogP contribution in [0.1, 0.15) is 54.7 Å². The minimum atomic E-state index is -2.75. The number of nitrogens with zero attached hydrogens (tertiary/aromatic N) is 2. The Labute approximate surface area is 259 Å². The molecule has 0 aliphatic heterocycles. The lowest BCUT2D eigenvalue weighted by Gasteiger charge is -2.19. The van der Waals surface area contributed by atoms with Crippen LogP contribution in [0.15, 0.2) is 53.5 Å². The molecule has 2 amide bonds. The Hall–Kier alpha value is -4.20. The van der Waals surface area contributed by atoms with Gasteiger partial charge in [-0.05, 0) is 61.4 Å². The van der Waals surface area contributed by atoms with Crippen molar-refractivity contribution in [3.05, 3.63) is 80.8 Å². The number of hydrogen-bond donors (Lipinski definition) is 3. The predicted molar refractivity (Wildman–Crippen MR) is 166 cm³/mol. The third kappa shape index (κ3) is 9.14. The van der Waals surface area contributed by atoms with Crippen LogP contribution >= 0.6 is 23.2 Å². The molecular formula is C31H31Cl2F2N5O3. The standard InChI is InChI=1S/C31H31Cl2F2N5O3/c1-17-11-25(43-16-26(34)35)22(29(41)40-21-8-6-7-19(12-21)14-36)13-24(17)38-18(2)39-28-23(32)10-9-20(27(28)33)15-37-30(42)31(3,4)5/h6-13,26H,15-16H2,1-5H3,(H,37,42)(H,38,39)(H,40,41). The van der Waals surface area contributed by atoms with E-state index in [1.54, 1.807) is 65.0 Å². The van der Waals surface area contributed by atoms with Crippen LogP contribution in [0.25, 0.3) is 0 Å². The summed E-state index contributed by atoms with van der Waals surface area (Å²) in [7, 11) is 0. The summed E-state index contributed by atoms with van der Waals surface area (Å²) >= 11 is 13.1. The molecule has 3 aromatic rings. The van der Waals surface area contributed by atoms with Crippen LogP contribution in [-0.2, 0) is 11.3 Å². The third-order valence-electron chi connectivity index (χ3n) is 6.04. The molecule has 0 aliphatic rings. The minimum absolute atomic E-state index is 0.0344. The molecular weight excluding hydrogens is 599 g/mol. The monoisotopic (exact) mass is 629 g/mol. The number of halogens is 4. The van der Waals surface area contributed by atoms with E-state index in [2.05, 4.69) is 20.9 Å². The molecule has 3 aromatic carbocycles. The van der Waals surface area contributed by atoms with Crippen LogP contribution in [0, 0.1) is 23.7 Å². The summed E-state index contributed by atoms with van der Waals surface area (Å²) in [6.07, 6.45) is -2.75. The van der Waals surface area contributed by atoms with Crippen LogP contribution in [0.4, 0.5) is 25.8 Å². The Kier molecular flexibility index (Phi) is 11.1. The van der Waals surface area contributed by atoms with Crippen molar-refractivity contribution in [2.45, 2.75) is 47.6 Å². The maximum absolute atomic E-state index is 13.2. The minimum Gasteiger partial charge on any atom is -0.487 e. The Morgan fingerprint density at radius 2 is 1.81 bits per heavy atom. The van der Waals surface area contributed by atoms with Crippen molar-refractivity contribution in [3.8, 4) is 11.8 Å². The fourth-order valence-electron chi connectivity index (χ4n) is 3.78. The highest BCUT2D eigenvalue weighted by Gasteiger charge is 2.22. The summed E-state index contributed by atoms with van der Waals surface area (Å²) in [5.41, 5.74) is 1.98. The lowest BCUT2D eigenvalue weighted by atomic mass is 9.95. The third-order valence-corrected chi connectivity index (χ3v) is 6.79. The van der Waals surface area contributed by atoms with Crippen LogP contribution in [0.3, 0.4) is 0 Å². The average Bonchev–Trinajstić information content (AvgIpc) is 2.94. The van der Waals surface area contributed by atoms with Crippen LogP contribution in [0.2, 0.25) is 10.0 Å². The van der Waals surface area contributed by atoms with E-state index in [1.807, 2.05) is 6.07 Å². The number of aryl methyl sites for hydroxylation is 1. The van der Waals surface area contributed by atoms with E-state index in [4.69, 9.17) is 33.2 Å². The molecule has 0 heterocycles. The van der Waals surface area contributed by atoms with Crippen molar-refractivity contribution in [2.24, 2.45) is 10.4 Å². The van der Waals surface area contributed by atoms with Gasteiger partial charge in [0.1, 0.15) is 18.2 Å². The predicted octanol–water partition coefficient (Wildman–Crippen LogP) is 7.89. The van der Waals surface area contributed by atoms with Crippen LogP contribution in [-0.4, -0.2) is 30.7 Å². The fraction of sp³-hybridized carbons (Fsp3) is 0.290. The van der Waals surface area contributed by atoms with E-state index in [9.17, 15) is 18.4 Å². The number of hydrogen-bond acceptors (Lipinski definition) is 5. The number of amidine groups is 1. The molecule has 0 bridgehead atoms. The zero-order valence-corrected chi connectivity index (χ0v) is 25.8. The quantitative estimate of drug-likeness (QED) is 0.164. The number of nitrogens with one attached hydrogen (secondary N) is 3. The van der Waals surface area contributed by atoms with E-state index < -0.39 is 24.4 Å². The van der Waals surface area contributed by atoms with Gasteiger partial charge in [0.05, 0.1) is 38.6 Å². The summed E-state index contributed by atoms with van der Waals surface area (Å²) in [5, 5.41) is 18.4. The van der Waals surface area contributed by atoms with Gasteiger partial charge in [0, 0.05) is 17.6 Å². The van der Waals surface area contributed by atoms with Gasteiger partial charge in [-0.1, -0.05) is 56.1 Å². The molecule has 43 heavy (non-hydrogen) atoms. The summed E-state index contributed by atoms with van der Waals surface area (Å²) in [4.78, 5) is 30.1. The van der Waals surface area contributed by atoms with Crippen LogP contribution in [0.5, 0.6) is 5.75 Å². The maximum Gasteiger partial charge on any atom is 0.272 e. The number of alkyl halides is 2. The lowest BCUT2D eigenvalue weighted by Crippen LogP contribution is -2.34. The normalized spacial score (nSPS) is 11.6. The first-order valence-electron chi connectivity index (χ1n) is 13.1. The van der Waals surface area contributed by atoms with Crippen molar-refractivity contribution in [2.75, 3.05) is 17.2 Å². The average molecular weight is 631 g/mol. The molecule has 3 rings (SSSR count). The SMILES string of the molecule is C/C(=N\c1cc(C(=O)Nc2cccc(C#N)c2)c(OCC(F)F)cc1C)Nc1c(Cl)ccc(CNC(=O)C(C)(C)C)c1Cl. The van der Waals surface area contributed by atoms with Gasteiger partial charge in [-0.3, -0.25) is 9.59 Å². The molecule has 3 N–H and O–H groups in total. The number of anilines is 2. The summed E-state index contributed by atoms with van der Waals surface area (Å²) in [5.74, 6) is -0.471. The molecule has 12 heteroatoms. The molecule has 0 unspecified atom stereocenters. The molecule has 0 saturated heterocycles. The van der Waals surface area contributed by atoms with Gasteiger partial charge in [0.2, 0.25) is 5.91 Å². The maximum atomic E-state index is 13.2. The van der Waals surface area contributed by atoms with Gasteiger partial charge >= 0.3 is 0 Å². The first kappa shape index (κ1) is 33.3. The van der Waals surface area contributed by atoms with E-state index in [1.165, 1.54) is 18.2 Å². The van der Waals surface area contributed by atoms with Gasteiger partial charge < -0.3 is 20.7 Å². The second kappa shape index (κ2) is 14.3. The van der Waals surface area contributed by atoms with E-state index >= 15 is 0 Å². The number of benzene rings is 3. The highest BCUT2D eigenvalue weighted by Crippen LogP contribution is 2.35. The summed E-state index contributed by atoms with van der Waals surface area (Å²) < 4.78 is 31.1. The molecule has 0 spiro atoms. The number of aliphatic imine (C=N–C) groups is 1. The largest absolute Gasteiger partial charge is 0.487 e. The second-order valence-corrected chi connectivity index (χ2v) is 11.4. The number of rotatable bonds is 9. The molecule has 0 aliphatic carbocycles. The van der Waals surface area contributed by atoms with Gasteiger partial charge in [0.25, 0.3) is 12.3 Å². The topological polar surface area (TPSA) is 116 Å². The van der Waals surface area contributed by atoms with Gasteiger partial charge in [0.15, 0.2) is 0 Å². The second-order valence-electron chi connectivity index (χ2n) is 10.6. The summed E-state index contributed by atoms with van der Waals surface area (Å²) in [6, 6.07) is 14.5. The Balaban J connectivity index is 1.93.